The van der Waals surface area contributed by atoms with Crippen molar-refractivity contribution in [3.63, 3.8) is 0 Å². The summed E-state index contributed by atoms with van der Waals surface area (Å²) >= 11 is 1.02. The first-order valence-corrected chi connectivity index (χ1v) is 7.19. The average molecular weight is 321 g/mol. The summed E-state index contributed by atoms with van der Waals surface area (Å²) in [6.07, 6.45) is 1.50. The van der Waals surface area contributed by atoms with Crippen molar-refractivity contribution in [3.05, 3.63) is 53.8 Å². The van der Waals surface area contributed by atoms with E-state index in [1.807, 2.05) is 0 Å². The summed E-state index contributed by atoms with van der Waals surface area (Å²) in [6.45, 7) is 0. The van der Waals surface area contributed by atoms with Gasteiger partial charge in [-0.1, -0.05) is 11.8 Å². The maximum Gasteiger partial charge on any atom is 0.209 e. The predicted octanol–water partition coefficient (Wildman–Crippen LogP) is 3.32. The number of ketones is 1. The van der Waals surface area contributed by atoms with E-state index in [4.69, 9.17) is 4.42 Å². The number of halogens is 2. The Morgan fingerprint density at radius 1 is 1.32 bits per heavy atom. The van der Waals surface area contributed by atoms with Crippen LogP contribution in [0.25, 0.3) is 11.6 Å². The molecule has 0 unspecified atom stereocenters. The highest BCUT2D eigenvalue weighted by atomic mass is 32.2. The number of H-pyrrole nitrogens is 1. The van der Waals surface area contributed by atoms with Gasteiger partial charge in [0.15, 0.2) is 17.4 Å². The maximum atomic E-state index is 13.5. The van der Waals surface area contributed by atoms with Gasteiger partial charge in [-0.25, -0.2) is 8.78 Å². The second-order valence-electron chi connectivity index (χ2n) is 4.28. The molecule has 0 atom stereocenters. The SMILES string of the molecule is O=C(CSc1n[nH]c(-c2ccco2)n1)c1cc(F)ccc1F. The molecule has 0 saturated heterocycles. The summed E-state index contributed by atoms with van der Waals surface area (Å²) in [4.78, 5) is 16.1. The van der Waals surface area contributed by atoms with E-state index in [2.05, 4.69) is 15.2 Å². The predicted molar refractivity (Wildman–Crippen MR) is 75.5 cm³/mol. The molecule has 0 saturated carbocycles. The Hall–Kier alpha value is -2.48. The molecule has 3 aromatic rings. The second-order valence-corrected chi connectivity index (χ2v) is 5.22. The van der Waals surface area contributed by atoms with Crippen LogP contribution in [0.15, 0.2) is 46.2 Å². The number of carbonyl (C=O) groups is 1. The van der Waals surface area contributed by atoms with Crippen LogP contribution in [-0.2, 0) is 0 Å². The van der Waals surface area contributed by atoms with Gasteiger partial charge in [-0.15, -0.1) is 5.10 Å². The van der Waals surface area contributed by atoms with Crippen LogP contribution < -0.4 is 0 Å². The molecule has 2 heterocycles. The Morgan fingerprint density at radius 2 is 2.18 bits per heavy atom. The first-order chi connectivity index (χ1) is 10.6. The van der Waals surface area contributed by atoms with Crippen molar-refractivity contribution in [1.82, 2.24) is 15.2 Å². The summed E-state index contributed by atoms with van der Waals surface area (Å²) in [5.74, 6) is -1.10. The molecular weight excluding hydrogens is 312 g/mol. The number of hydrogen-bond donors (Lipinski definition) is 1. The van der Waals surface area contributed by atoms with Gasteiger partial charge in [0.05, 0.1) is 17.6 Å². The fraction of sp³-hybridized carbons (Fsp3) is 0.0714. The van der Waals surface area contributed by atoms with E-state index in [1.165, 1.54) is 6.26 Å². The molecule has 0 aliphatic rings. The summed E-state index contributed by atoms with van der Waals surface area (Å²) in [5.41, 5.74) is -0.283. The van der Waals surface area contributed by atoms with Gasteiger partial charge in [0.1, 0.15) is 11.6 Å². The number of rotatable bonds is 5. The van der Waals surface area contributed by atoms with Gasteiger partial charge in [-0.05, 0) is 30.3 Å². The average Bonchev–Trinajstić information content (AvgIpc) is 3.17. The molecule has 0 radical (unpaired) electrons. The molecule has 1 N–H and O–H groups in total. The third-order valence-corrected chi connectivity index (χ3v) is 3.63. The van der Waals surface area contributed by atoms with Crippen LogP contribution in [0, 0.1) is 11.6 Å². The molecule has 22 heavy (non-hydrogen) atoms. The molecule has 1 aromatic carbocycles. The highest BCUT2D eigenvalue weighted by molar-refractivity contribution is 7.99. The number of thioether (sulfide) groups is 1. The summed E-state index contributed by atoms with van der Waals surface area (Å²) in [6, 6.07) is 6.19. The fourth-order valence-electron chi connectivity index (χ4n) is 1.75. The van der Waals surface area contributed by atoms with Crippen molar-refractivity contribution >= 4 is 17.5 Å². The van der Waals surface area contributed by atoms with Crippen LogP contribution in [-0.4, -0.2) is 26.7 Å². The number of aromatic amines is 1. The highest BCUT2D eigenvalue weighted by Gasteiger charge is 2.15. The molecule has 112 valence electrons. The van der Waals surface area contributed by atoms with Gasteiger partial charge < -0.3 is 4.42 Å². The van der Waals surface area contributed by atoms with E-state index in [-0.39, 0.29) is 11.3 Å². The Morgan fingerprint density at radius 3 is 2.95 bits per heavy atom. The number of furan rings is 1. The highest BCUT2D eigenvalue weighted by Crippen LogP contribution is 2.21. The van der Waals surface area contributed by atoms with Crippen molar-refractivity contribution in [2.45, 2.75) is 5.16 Å². The van der Waals surface area contributed by atoms with Crippen LogP contribution in [0.1, 0.15) is 10.4 Å². The topological polar surface area (TPSA) is 71.8 Å². The molecule has 0 bridgehead atoms. The van der Waals surface area contributed by atoms with E-state index in [1.54, 1.807) is 12.1 Å². The lowest BCUT2D eigenvalue weighted by Gasteiger charge is -2.01. The zero-order valence-electron chi connectivity index (χ0n) is 11.0. The number of nitrogens with one attached hydrogen (secondary N) is 1. The number of Topliss-reactive ketones (excluding diaryl/α,β-unsaturated/α-hetero) is 1. The monoisotopic (exact) mass is 321 g/mol. The Balaban J connectivity index is 1.67. The number of benzene rings is 1. The van der Waals surface area contributed by atoms with E-state index in [0.29, 0.717) is 16.7 Å². The van der Waals surface area contributed by atoms with Crippen LogP contribution in [0.2, 0.25) is 0 Å². The second kappa shape index (κ2) is 6.10. The van der Waals surface area contributed by atoms with Crippen LogP contribution in [0.4, 0.5) is 8.78 Å². The van der Waals surface area contributed by atoms with Crippen molar-refractivity contribution in [2.75, 3.05) is 5.75 Å². The lowest BCUT2D eigenvalue weighted by molar-refractivity contribution is 0.101. The molecular formula is C14H9F2N3O2S. The summed E-state index contributed by atoms with van der Waals surface area (Å²) < 4.78 is 31.7. The first kappa shape index (κ1) is 14.5. The Kier molecular flexibility index (Phi) is 4.01. The number of hydrogen-bond acceptors (Lipinski definition) is 5. The van der Waals surface area contributed by atoms with Crippen LogP contribution in [0.5, 0.6) is 0 Å². The summed E-state index contributed by atoms with van der Waals surface area (Å²) in [5, 5.41) is 6.91. The molecule has 0 amide bonds. The fourth-order valence-corrected chi connectivity index (χ4v) is 2.44. The zero-order valence-corrected chi connectivity index (χ0v) is 11.9. The van der Waals surface area contributed by atoms with E-state index in [9.17, 15) is 13.6 Å². The maximum absolute atomic E-state index is 13.5. The quantitative estimate of drug-likeness (QED) is 0.576. The smallest absolute Gasteiger partial charge is 0.209 e. The van der Waals surface area contributed by atoms with Crippen molar-refractivity contribution in [3.8, 4) is 11.6 Å². The molecule has 0 aliphatic carbocycles. The molecule has 8 heteroatoms. The van der Waals surface area contributed by atoms with Gasteiger partial charge in [-0.3, -0.25) is 9.89 Å². The third kappa shape index (κ3) is 3.06. The summed E-state index contributed by atoms with van der Waals surface area (Å²) in [7, 11) is 0. The third-order valence-electron chi connectivity index (χ3n) is 2.78. The molecule has 2 aromatic heterocycles. The van der Waals surface area contributed by atoms with E-state index >= 15 is 0 Å². The number of carbonyl (C=O) groups excluding carboxylic acids is 1. The van der Waals surface area contributed by atoms with Gasteiger partial charge in [0.2, 0.25) is 5.16 Å². The first-order valence-electron chi connectivity index (χ1n) is 6.21. The van der Waals surface area contributed by atoms with Gasteiger partial charge >= 0.3 is 0 Å². The standard InChI is InChI=1S/C14H9F2N3O2S/c15-8-3-4-10(16)9(6-8)11(20)7-22-14-17-13(18-19-14)12-2-1-5-21-12/h1-6H,7H2,(H,17,18,19). The minimum absolute atomic E-state index is 0.101. The van der Waals surface area contributed by atoms with Crippen LogP contribution >= 0.6 is 11.8 Å². The molecule has 0 fully saturated rings. The lowest BCUT2D eigenvalue weighted by atomic mass is 10.1. The number of nitrogens with zero attached hydrogens (tertiary/aromatic N) is 2. The van der Waals surface area contributed by atoms with Gasteiger partial charge in [0, 0.05) is 0 Å². The zero-order chi connectivity index (χ0) is 15.5. The largest absolute Gasteiger partial charge is 0.461 e. The van der Waals surface area contributed by atoms with Crippen molar-refractivity contribution < 1.29 is 18.0 Å². The van der Waals surface area contributed by atoms with E-state index in [0.717, 1.165) is 30.0 Å². The van der Waals surface area contributed by atoms with Gasteiger partial charge in [0.25, 0.3) is 0 Å². The Labute approximate surface area is 127 Å². The van der Waals surface area contributed by atoms with Crippen molar-refractivity contribution in [1.29, 1.82) is 0 Å². The normalized spacial score (nSPS) is 10.8. The molecule has 0 spiro atoms. The molecule has 0 aliphatic heterocycles. The van der Waals surface area contributed by atoms with Crippen molar-refractivity contribution in [2.24, 2.45) is 0 Å². The van der Waals surface area contributed by atoms with Crippen LogP contribution in [0.3, 0.4) is 0 Å². The number of aromatic nitrogens is 3. The molecule has 5 nitrogen and oxygen atoms in total. The minimum atomic E-state index is -0.752. The van der Waals surface area contributed by atoms with E-state index < -0.39 is 17.4 Å². The molecule has 3 rings (SSSR count). The minimum Gasteiger partial charge on any atom is -0.461 e. The van der Waals surface area contributed by atoms with Gasteiger partial charge in [-0.2, -0.15) is 4.98 Å². The lowest BCUT2D eigenvalue weighted by Crippen LogP contribution is -2.06. The Bertz CT molecular complexity index is 802.